The number of carboxylic acid groups (broad SMARTS) is 2. The van der Waals surface area contributed by atoms with Gasteiger partial charge in [0.15, 0.2) is 16.3 Å². The van der Waals surface area contributed by atoms with Crippen LogP contribution in [0.2, 0.25) is 0 Å². The van der Waals surface area contributed by atoms with Gasteiger partial charge in [0.25, 0.3) is 10.0 Å². The first-order valence-corrected chi connectivity index (χ1v) is 11.2. The Morgan fingerprint density at radius 2 is 1.88 bits per heavy atom. The molecular weight excluding hydrogens is 472 g/mol. The molecule has 2 aromatic carbocycles. The average Bonchev–Trinajstić information content (AvgIpc) is 3.27. The SMILES string of the molecule is COc1cc(C(=O)O)ccc1NS(=O)(=O)c1csc(C#Cc2ccc(C(=O)O)c(C=O)c2)n1. The van der Waals surface area contributed by atoms with Crippen molar-refractivity contribution in [1.29, 1.82) is 0 Å². The van der Waals surface area contributed by atoms with E-state index in [0.29, 0.717) is 11.8 Å². The minimum atomic E-state index is -4.12. The van der Waals surface area contributed by atoms with Gasteiger partial charge in [0.1, 0.15) is 5.75 Å². The largest absolute Gasteiger partial charge is 0.495 e. The van der Waals surface area contributed by atoms with Gasteiger partial charge in [-0.3, -0.25) is 9.52 Å². The number of sulfonamides is 1. The molecule has 168 valence electrons. The summed E-state index contributed by atoms with van der Waals surface area (Å²) in [6, 6.07) is 7.65. The molecule has 0 aliphatic rings. The first kappa shape index (κ1) is 23.5. The van der Waals surface area contributed by atoms with Crippen LogP contribution in [-0.2, 0) is 10.0 Å². The van der Waals surface area contributed by atoms with E-state index < -0.39 is 22.0 Å². The van der Waals surface area contributed by atoms with Crippen LogP contribution in [0, 0.1) is 11.8 Å². The number of aldehydes is 1. The molecule has 1 heterocycles. The molecule has 0 aliphatic carbocycles. The van der Waals surface area contributed by atoms with E-state index in [9.17, 15) is 22.8 Å². The highest BCUT2D eigenvalue weighted by Crippen LogP contribution is 2.28. The molecule has 3 aromatic rings. The summed E-state index contributed by atoms with van der Waals surface area (Å²) < 4.78 is 32.7. The van der Waals surface area contributed by atoms with Crippen LogP contribution in [0.15, 0.2) is 46.8 Å². The first-order valence-electron chi connectivity index (χ1n) is 8.89. The zero-order chi connectivity index (χ0) is 24.2. The third-order valence-corrected chi connectivity index (χ3v) is 6.33. The van der Waals surface area contributed by atoms with Crippen LogP contribution in [0.1, 0.15) is 41.6 Å². The summed E-state index contributed by atoms with van der Waals surface area (Å²) >= 11 is 0.964. The number of hydrogen-bond acceptors (Lipinski definition) is 8. The van der Waals surface area contributed by atoms with Crippen molar-refractivity contribution < 1.29 is 37.8 Å². The number of thiazole rings is 1. The number of nitrogens with zero attached hydrogens (tertiary/aromatic N) is 1. The molecule has 0 fully saturated rings. The lowest BCUT2D eigenvalue weighted by atomic mass is 10.1. The molecule has 33 heavy (non-hydrogen) atoms. The number of aromatic carboxylic acids is 2. The number of carboxylic acids is 2. The lowest BCUT2D eigenvalue weighted by Crippen LogP contribution is -2.14. The smallest absolute Gasteiger partial charge is 0.336 e. The highest BCUT2D eigenvalue weighted by molar-refractivity contribution is 7.92. The second kappa shape index (κ2) is 9.51. The minimum Gasteiger partial charge on any atom is -0.495 e. The van der Waals surface area contributed by atoms with Crippen LogP contribution >= 0.6 is 11.3 Å². The summed E-state index contributed by atoms with van der Waals surface area (Å²) in [7, 11) is -2.85. The lowest BCUT2D eigenvalue weighted by molar-refractivity contribution is 0.0685. The van der Waals surface area contributed by atoms with Crippen LogP contribution in [0.3, 0.4) is 0 Å². The van der Waals surface area contributed by atoms with Gasteiger partial charge in [-0.05, 0) is 42.3 Å². The Balaban J connectivity index is 1.84. The number of rotatable bonds is 7. The van der Waals surface area contributed by atoms with Crippen LogP contribution in [0.5, 0.6) is 5.75 Å². The van der Waals surface area contributed by atoms with E-state index in [2.05, 4.69) is 21.5 Å². The van der Waals surface area contributed by atoms with Crippen molar-refractivity contribution in [3.63, 3.8) is 0 Å². The molecule has 10 nitrogen and oxygen atoms in total. The monoisotopic (exact) mass is 486 g/mol. The Labute approximate surface area is 191 Å². The van der Waals surface area contributed by atoms with E-state index in [-0.39, 0.29) is 38.2 Å². The van der Waals surface area contributed by atoms with Gasteiger partial charge < -0.3 is 14.9 Å². The quantitative estimate of drug-likeness (QED) is 0.337. The molecule has 0 atom stereocenters. The average molecular weight is 486 g/mol. The van der Waals surface area contributed by atoms with E-state index >= 15 is 0 Å². The van der Waals surface area contributed by atoms with E-state index in [1.54, 1.807) is 0 Å². The van der Waals surface area contributed by atoms with Gasteiger partial charge in [-0.2, -0.15) is 8.42 Å². The van der Waals surface area contributed by atoms with Crippen molar-refractivity contribution in [2.24, 2.45) is 0 Å². The van der Waals surface area contributed by atoms with E-state index in [0.717, 1.165) is 11.3 Å². The number of ether oxygens (including phenoxy) is 1. The molecule has 0 amide bonds. The third-order valence-electron chi connectivity index (χ3n) is 4.17. The number of nitrogens with one attached hydrogen (secondary N) is 1. The standard InChI is InChI=1S/C21H14N2O8S2/c1-31-17-9-13(20(25)26)4-6-16(17)23-33(29,30)19-11-32-18(22-19)7-3-12-2-5-15(21(27)28)14(8-12)10-24/h2,4-6,8-11,23H,1H3,(H,25,26)(H,27,28). The predicted octanol–water partition coefficient (Wildman–Crippen LogP) is 2.56. The van der Waals surface area contributed by atoms with Crippen molar-refractivity contribution >= 4 is 45.3 Å². The van der Waals surface area contributed by atoms with Crippen LogP contribution in [0.4, 0.5) is 5.69 Å². The van der Waals surface area contributed by atoms with Gasteiger partial charge in [-0.1, -0.05) is 5.92 Å². The molecule has 3 N–H and O–H groups in total. The maximum absolute atomic E-state index is 12.7. The van der Waals surface area contributed by atoms with Gasteiger partial charge in [0.05, 0.1) is 23.9 Å². The second-order valence-corrected chi connectivity index (χ2v) is 8.78. The lowest BCUT2D eigenvalue weighted by Gasteiger charge is -2.11. The number of benzene rings is 2. The van der Waals surface area contributed by atoms with Gasteiger partial charge in [0.2, 0.25) is 0 Å². The van der Waals surface area contributed by atoms with Crippen molar-refractivity contribution in [3.8, 4) is 17.6 Å². The summed E-state index contributed by atoms with van der Waals surface area (Å²) in [4.78, 5) is 37.2. The molecule has 3 rings (SSSR count). The van der Waals surface area contributed by atoms with E-state index in [1.165, 1.54) is 48.9 Å². The second-order valence-electron chi connectivity index (χ2n) is 6.29. The number of carbonyl (C=O) groups excluding carboxylic acids is 1. The van der Waals surface area contributed by atoms with Gasteiger partial charge in [-0.25, -0.2) is 14.6 Å². The Kier molecular flexibility index (Phi) is 6.76. The summed E-state index contributed by atoms with van der Waals surface area (Å²) in [5, 5.41) is 19.2. The maximum atomic E-state index is 12.7. The summed E-state index contributed by atoms with van der Waals surface area (Å²) in [5.41, 5.74) is 0.112. The summed E-state index contributed by atoms with van der Waals surface area (Å²) in [5.74, 6) is 2.96. The molecule has 0 saturated carbocycles. The Bertz CT molecular complexity index is 1430. The van der Waals surface area contributed by atoms with Crippen molar-refractivity contribution in [1.82, 2.24) is 4.98 Å². The third kappa shape index (κ3) is 5.35. The highest BCUT2D eigenvalue weighted by atomic mass is 32.2. The molecule has 0 aliphatic heterocycles. The molecule has 0 radical (unpaired) electrons. The molecule has 0 spiro atoms. The fourth-order valence-electron chi connectivity index (χ4n) is 2.60. The molecule has 0 saturated heterocycles. The topological polar surface area (TPSA) is 160 Å². The van der Waals surface area contributed by atoms with Crippen LogP contribution in [-0.4, -0.2) is 48.9 Å². The van der Waals surface area contributed by atoms with Crippen LogP contribution < -0.4 is 9.46 Å². The molecule has 0 unspecified atom stereocenters. The van der Waals surface area contributed by atoms with Crippen molar-refractivity contribution in [2.75, 3.05) is 11.8 Å². The highest BCUT2D eigenvalue weighted by Gasteiger charge is 2.20. The normalized spacial score (nSPS) is 10.6. The fourth-order valence-corrected chi connectivity index (χ4v) is 4.61. The van der Waals surface area contributed by atoms with Crippen LogP contribution in [0.25, 0.3) is 0 Å². The summed E-state index contributed by atoms with van der Waals surface area (Å²) in [6.07, 6.45) is 0.408. The number of anilines is 1. The number of carbonyl (C=O) groups is 3. The predicted molar refractivity (Wildman–Crippen MR) is 118 cm³/mol. The Hall–Kier alpha value is -4.21. The summed E-state index contributed by atoms with van der Waals surface area (Å²) in [6.45, 7) is 0. The van der Waals surface area contributed by atoms with Gasteiger partial charge in [0, 0.05) is 16.5 Å². The molecule has 1 aromatic heterocycles. The Morgan fingerprint density at radius 3 is 2.52 bits per heavy atom. The van der Waals surface area contributed by atoms with Gasteiger partial charge in [-0.15, -0.1) is 11.3 Å². The number of methoxy groups -OCH3 is 1. The number of aromatic nitrogens is 1. The minimum absolute atomic E-state index is 0.0181. The Morgan fingerprint density at radius 1 is 1.12 bits per heavy atom. The van der Waals surface area contributed by atoms with Crippen molar-refractivity contribution in [2.45, 2.75) is 5.03 Å². The van der Waals surface area contributed by atoms with Crippen molar-refractivity contribution in [3.05, 3.63) is 69.0 Å². The first-order chi connectivity index (χ1) is 15.6. The zero-order valence-corrected chi connectivity index (χ0v) is 18.4. The van der Waals surface area contributed by atoms with E-state index in [4.69, 9.17) is 14.9 Å². The van der Waals surface area contributed by atoms with E-state index in [1.807, 2.05) is 0 Å². The number of hydrogen-bond donors (Lipinski definition) is 3. The molecule has 0 bridgehead atoms. The maximum Gasteiger partial charge on any atom is 0.336 e. The zero-order valence-electron chi connectivity index (χ0n) is 16.7. The molecular formula is C21H14N2O8S2. The fraction of sp³-hybridized carbons (Fsp3) is 0.0476. The van der Waals surface area contributed by atoms with Gasteiger partial charge >= 0.3 is 11.9 Å². The molecule has 12 heteroatoms.